The Bertz CT molecular complexity index is 693. The summed E-state index contributed by atoms with van der Waals surface area (Å²) in [7, 11) is 2.87. The summed E-state index contributed by atoms with van der Waals surface area (Å²) in [6, 6.07) is 3.10. The van der Waals surface area contributed by atoms with Crippen LogP contribution in [0, 0.1) is 11.3 Å². The third-order valence-electron chi connectivity index (χ3n) is 5.13. The number of amides is 1. The number of aromatic nitrogens is 1. The maximum atomic E-state index is 13.0. The van der Waals surface area contributed by atoms with Gasteiger partial charge in [-0.15, -0.1) is 0 Å². The van der Waals surface area contributed by atoms with Crippen molar-refractivity contribution in [2.24, 2.45) is 11.3 Å². The highest BCUT2D eigenvalue weighted by molar-refractivity contribution is 5.97. The summed E-state index contributed by atoms with van der Waals surface area (Å²) < 4.78 is 10.2. The van der Waals surface area contributed by atoms with E-state index in [9.17, 15) is 19.8 Å². The second-order valence-electron chi connectivity index (χ2n) is 7.34. The number of hydrogen-bond donors (Lipinski definition) is 2. The lowest BCUT2D eigenvalue weighted by atomic mass is 9.72. The first-order chi connectivity index (χ1) is 12.7. The van der Waals surface area contributed by atoms with Crippen molar-refractivity contribution < 1.29 is 29.3 Å². The van der Waals surface area contributed by atoms with Crippen LogP contribution in [0.15, 0.2) is 12.1 Å². The Labute approximate surface area is 159 Å². The van der Waals surface area contributed by atoms with Gasteiger partial charge in [-0.05, 0) is 31.2 Å². The predicted octanol–water partition coefficient (Wildman–Crippen LogP) is 1.81. The summed E-state index contributed by atoms with van der Waals surface area (Å²) in [4.78, 5) is 30.7. The first kappa shape index (κ1) is 21.0. The Morgan fingerprint density at radius 1 is 1.33 bits per heavy atom. The predicted molar refractivity (Wildman–Crippen MR) is 98.0 cm³/mol. The van der Waals surface area contributed by atoms with Gasteiger partial charge in [0.1, 0.15) is 11.0 Å². The van der Waals surface area contributed by atoms with Crippen LogP contribution in [-0.2, 0) is 4.79 Å². The summed E-state index contributed by atoms with van der Waals surface area (Å²) in [5.74, 6) is -0.717. The summed E-state index contributed by atoms with van der Waals surface area (Å²) in [6.45, 7) is 4.22. The average molecular weight is 380 g/mol. The van der Waals surface area contributed by atoms with E-state index in [1.165, 1.54) is 19.1 Å². The fourth-order valence-electron chi connectivity index (χ4n) is 3.39. The summed E-state index contributed by atoms with van der Waals surface area (Å²) in [5, 5.41) is 20.3. The molecule has 0 unspecified atom stereocenters. The van der Waals surface area contributed by atoms with Gasteiger partial charge in [-0.3, -0.25) is 9.59 Å². The zero-order chi connectivity index (χ0) is 20.2. The molecule has 0 saturated carbocycles. The lowest BCUT2D eigenvalue weighted by Gasteiger charge is -2.43. The standard InChI is InChI=1S/C19H28N2O6/c1-12(2)7-9-19(18(24)25)11-21(10-8-14(19)22)17(23)13-5-6-15(26-3)20-16(13)27-4/h5-6,12,14,22H,7-11H2,1-4H3,(H,24,25)/t14-,19+/m0/s1. The molecule has 2 N–H and O–H groups in total. The maximum Gasteiger partial charge on any atom is 0.314 e. The molecule has 8 heteroatoms. The number of pyridine rings is 1. The largest absolute Gasteiger partial charge is 0.481 e. The first-order valence-electron chi connectivity index (χ1n) is 9.05. The zero-order valence-corrected chi connectivity index (χ0v) is 16.3. The number of hydrogen-bond acceptors (Lipinski definition) is 6. The molecular formula is C19H28N2O6. The van der Waals surface area contributed by atoms with E-state index in [1.807, 2.05) is 13.8 Å². The topological polar surface area (TPSA) is 109 Å². The second kappa shape index (κ2) is 8.56. The van der Waals surface area contributed by atoms with Crippen LogP contribution in [-0.4, -0.2) is 65.4 Å². The van der Waals surface area contributed by atoms with E-state index in [4.69, 9.17) is 9.47 Å². The van der Waals surface area contributed by atoms with Crippen molar-refractivity contribution in [3.63, 3.8) is 0 Å². The Balaban J connectivity index is 2.30. The van der Waals surface area contributed by atoms with Crippen molar-refractivity contribution in [2.45, 2.75) is 39.2 Å². The minimum absolute atomic E-state index is 0.0514. The lowest BCUT2D eigenvalue weighted by Crippen LogP contribution is -2.57. The molecule has 0 bridgehead atoms. The molecule has 1 aromatic heterocycles. The number of carbonyl (C=O) groups is 2. The number of methoxy groups -OCH3 is 2. The fraction of sp³-hybridized carbons (Fsp3) is 0.632. The number of carboxylic acid groups (broad SMARTS) is 1. The molecule has 8 nitrogen and oxygen atoms in total. The smallest absolute Gasteiger partial charge is 0.314 e. The highest BCUT2D eigenvalue weighted by Crippen LogP contribution is 2.37. The van der Waals surface area contributed by atoms with Crippen LogP contribution in [0.1, 0.15) is 43.5 Å². The normalized spacial score (nSPS) is 22.6. The van der Waals surface area contributed by atoms with Gasteiger partial charge < -0.3 is 24.6 Å². The zero-order valence-electron chi connectivity index (χ0n) is 16.3. The number of aliphatic hydroxyl groups is 1. The second-order valence-corrected chi connectivity index (χ2v) is 7.34. The molecule has 1 aliphatic heterocycles. The van der Waals surface area contributed by atoms with Crippen molar-refractivity contribution >= 4 is 11.9 Å². The molecule has 150 valence electrons. The molecule has 2 atom stereocenters. The van der Waals surface area contributed by atoms with E-state index in [2.05, 4.69) is 4.98 Å². The number of carbonyl (C=O) groups excluding carboxylic acids is 1. The molecule has 0 spiro atoms. The SMILES string of the molecule is COc1ccc(C(=O)N2CC[C@H](O)[C@](CCC(C)C)(C(=O)O)C2)c(OC)n1. The Kier molecular flexibility index (Phi) is 6.64. The maximum absolute atomic E-state index is 13.0. The number of piperidine rings is 1. The van der Waals surface area contributed by atoms with Gasteiger partial charge in [-0.2, -0.15) is 4.98 Å². The number of carboxylic acids is 1. The van der Waals surface area contributed by atoms with Gasteiger partial charge in [0.05, 0.1) is 20.3 Å². The summed E-state index contributed by atoms with van der Waals surface area (Å²) in [5.41, 5.74) is -1.14. The third kappa shape index (κ3) is 4.32. The molecule has 2 rings (SSSR count). The molecule has 1 amide bonds. The van der Waals surface area contributed by atoms with Gasteiger partial charge >= 0.3 is 5.97 Å². The number of aliphatic hydroxyl groups excluding tert-OH is 1. The van der Waals surface area contributed by atoms with Crippen molar-refractivity contribution in [3.05, 3.63) is 17.7 Å². The molecule has 27 heavy (non-hydrogen) atoms. The molecule has 1 aliphatic rings. The molecule has 1 saturated heterocycles. The molecule has 2 heterocycles. The quantitative estimate of drug-likeness (QED) is 0.742. The van der Waals surface area contributed by atoms with Crippen LogP contribution < -0.4 is 9.47 Å². The highest BCUT2D eigenvalue weighted by atomic mass is 16.5. The van der Waals surface area contributed by atoms with Crippen LogP contribution >= 0.6 is 0 Å². The van der Waals surface area contributed by atoms with Crippen LogP contribution in [0.4, 0.5) is 0 Å². The van der Waals surface area contributed by atoms with Gasteiger partial charge in [0.15, 0.2) is 0 Å². The Morgan fingerprint density at radius 3 is 2.59 bits per heavy atom. The van der Waals surface area contributed by atoms with E-state index < -0.39 is 17.5 Å². The number of nitrogens with zero attached hydrogens (tertiary/aromatic N) is 2. The van der Waals surface area contributed by atoms with Gasteiger partial charge in [-0.25, -0.2) is 0 Å². The van der Waals surface area contributed by atoms with Gasteiger partial charge in [0, 0.05) is 19.2 Å². The molecule has 0 aromatic carbocycles. The van der Waals surface area contributed by atoms with Crippen LogP contribution in [0.3, 0.4) is 0 Å². The van der Waals surface area contributed by atoms with E-state index in [1.54, 1.807) is 12.1 Å². The Hall–Kier alpha value is -2.35. The minimum Gasteiger partial charge on any atom is -0.481 e. The average Bonchev–Trinajstić information content (AvgIpc) is 2.66. The number of likely N-dealkylation sites (tertiary alicyclic amines) is 1. The van der Waals surface area contributed by atoms with Crippen molar-refractivity contribution in [1.29, 1.82) is 0 Å². The van der Waals surface area contributed by atoms with Crippen LogP contribution in [0.2, 0.25) is 0 Å². The summed E-state index contributed by atoms with van der Waals surface area (Å²) >= 11 is 0. The van der Waals surface area contributed by atoms with E-state index in [0.29, 0.717) is 24.6 Å². The van der Waals surface area contributed by atoms with Crippen molar-refractivity contribution in [2.75, 3.05) is 27.3 Å². The first-order valence-corrected chi connectivity index (χ1v) is 9.05. The van der Waals surface area contributed by atoms with Gasteiger partial charge in [0.25, 0.3) is 5.91 Å². The highest BCUT2D eigenvalue weighted by Gasteiger charge is 2.50. The summed E-state index contributed by atoms with van der Waals surface area (Å²) in [6.07, 6.45) is 0.178. The van der Waals surface area contributed by atoms with E-state index in [-0.39, 0.29) is 36.9 Å². The van der Waals surface area contributed by atoms with Gasteiger partial charge in [-0.1, -0.05) is 13.8 Å². The molecule has 0 radical (unpaired) electrons. The van der Waals surface area contributed by atoms with E-state index in [0.717, 1.165) is 0 Å². The van der Waals surface area contributed by atoms with Crippen molar-refractivity contribution in [1.82, 2.24) is 9.88 Å². The van der Waals surface area contributed by atoms with Crippen LogP contribution in [0.5, 0.6) is 11.8 Å². The van der Waals surface area contributed by atoms with Crippen LogP contribution in [0.25, 0.3) is 0 Å². The minimum atomic E-state index is -1.37. The monoisotopic (exact) mass is 380 g/mol. The third-order valence-corrected chi connectivity index (χ3v) is 5.13. The fourth-order valence-corrected chi connectivity index (χ4v) is 3.39. The molecule has 0 aliphatic carbocycles. The molecule has 1 fully saturated rings. The number of rotatable bonds is 7. The number of ether oxygens (including phenoxy) is 2. The lowest BCUT2D eigenvalue weighted by molar-refractivity contribution is -0.163. The van der Waals surface area contributed by atoms with Crippen molar-refractivity contribution in [3.8, 4) is 11.8 Å². The molecular weight excluding hydrogens is 352 g/mol. The Morgan fingerprint density at radius 2 is 2.04 bits per heavy atom. The number of aliphatic carboxylic acids is 1. The van der Waals surface area contributed by atoms with E-state index >= 15 is 0 Å². The molecule has 1 aromatic rings. The van der Waals surface area contributed by atoms with Gasteiger partial charge in [0.2, 0.25) is 11.8 Å².